The summed E-state index contributed by atoms with van der Waals surface area (Å²) in [5.41, 5.74) is 6.09. The monoisotopic (exact) mass is 439 g/mol. The third kappa shape index (κ3) is 5.54. The topological polar surface area (TPSA) is 96.5 Å². The number of hydrazine groups is 1. The number of hydrogen-bond acceptors (Lipinski definition) is 4. The van der Waals surface area contributed by atoms with Crippen LogP contribution in [0.15, 0.2) is 97.1 Å². The minimum atomic E-state index is -0.497. The van der Waals surface area contributed by atoms with Gasteiger partial charge in [-0.1, -0.05) is 54.6 Å². The van der Waals surface area contributed by atoms with Crippen molar-refractivity contribution in [3.63, 3.8) is 0 Å². The Morgan fingerprint density at radius 1 is 0.636 bits per heavy atom. The van der Waals surface area contributed by atoms with Gasteiger partial charge in [0.15, 0.2) is 6.61 Å². The highest BCUT2D eigenvalue weighted by atomic mass is 16.5. The lowest BCUT2D eigenvalue weighted by atomic mass is 10.1. The van der Waals surface area contributed by atoms with Crippen molar-refractivity contribution >= 4 is 34.2 Å². The lowest BCUT2D eigenvalue weighted by Crippen LogP contribution is -2.43. The number of rotatable bonds is 6. The first kappa shape index (κ1) is 21.6. The second kappa shape index (κ2) is 10.1. The van der Waals surface area contributed by atoms with E-state index in [4.69, 9.17) is 4.74 Å². The van der Waals surface area contributed by atoms with Crippen molar-refractivity contribution in [2.45, 2.75) is 0 Å². The maximum atomic E-state index is 12.3. The lowest BCUT2D eigenvalue weighted by molar-refractivity contribution is -0.123. The molecular weight excluding hydrogens is 418 g/mol. The zero-order chi connectivity index (χ0) is 23.0. The number of ether oxygens (including phenoxy) is 1. The summed E-state index contributed by atoms with van der Waals surface area (Å²) < 4.78 is 5.60. The molecular formula is C26H21N3O4. The SMILES string of the molecule is O=C(COc1cccc2ccccc12)NNC(=O)c1ccc(NC(=O)c2ccccc2)cc1. The summed E-state index contributed by atoms with van der Waals surface area (Å²) in [6, 6.07) is 28.4. The van der Waals surface area contributed by atoms with Gasteiger partial charge in [0.1, 0.15) is 5.75 Å². The van der Waals surface area contributed by atoms with Gasteiger partial charge in [-0.2, -0.15) is 0 Å². The molecule has 0 saturated carbocycles. The summed E-state index contributed by atoms with van der Waals surface area (Å²) in [6.07, 6.45) is 0. The number of hydrogen-bond donors (Lipinski definition) is 3. The Hall–Kier alpha value is -4.65. The largest absolute Gasteiger partial charge is 0.483 e. The molecule has 3 N–H and O–H groups in total. The number of nitrogens with one attached hydrogen (secondary N) is 3. The highest BCUT2D eigenvalue weighted by molar-refractivity contribution is 6.04. The zero-order valence-corrected chi connectivity index (χ0v) is 17.6. The standard InChI is InChI=1S/C26H21N3O4/c30-24(17-33-23-12-6-10-18-7-4-5-11-22(18)23)28-29-26(32)20-13-15-21(16-14-20)27-25(31)19-8-2-1-3-9-19/h1-16H,17H2,(H,27,31)(H,28,30)(H,29,32). The van der Waals surface area contributed by atoms with E-state index in [1.165, 1.54) is 0 Å². The van der Waals surface area contributed by atoms with E-state index in [0.29, 0.717) is 22.6 Å². The molecule has 164 valence electrons. The Kier molecular flexibility index (Phi) is 6.61. The third-order valence-electron chi connectivity index (χ3n) is 4.86. The average Bonchev–Trinajstić information content (AvgIpc) is 2.87. The molecule has 0 aliphatic carbocycles. The molecule has 0 heterocycles. The van der Waals surface area contributed by atoms with Crippen LogP contribution < -0.4 is 20.9 Å². The molecule has 4 aromatic carbocycles. The van der Waals surface area contributed by atoms with Crippen LogP contribution >= 0.6 is 0 Å². The van der Waals surface area contributed by atoms with Crippen LogP contribution in [0.2, 0.25) is 0 Å². The maximum absolute atomic E-state index is 12.3. The second-order valence-electron chi connectivity index (χ2n) is 7.17. The summed E-state index contributed by atoms with van der Waals surface area (Å²) in [6.45, 7) is -0.251. The normalized spacial score (nSPS) is 10.3. The number of benzene rings is 4. The molecule has 7 heteroatoms. The fourth-order valence-corrected chi connectivity index (χ4v) is 3.20. The smallest absolute Gasteiger partial charge is 0.276 e. The number of carbonyl (C=O) groups excluding carboxylic acids is 3. The van der Waals surface area contributed by atoms with E-state index in [1.54, 1.807) is 54.6 Å². The summed E-state index contributed by atoms with van der Waals surface area (Å²) in [5.74, 6) is -0.647. The summed E-state index contributed by atoms with van der Waals surface area (Å²) in [5, 5.41) is 4.67. The van der Waals surface area contributed by atoms with E-state index < -0.39 is 11.8 Å². The van der Waals surface area contributed by atoms with Crippen LogP contribution in [0.3, 0.4) is 0 Å². The predicted molar refractivity (Wildman–Crippen MR) is 126 cm³/mol. The molecule has 7 nitrogen and oxygen atoms in total. The number of anilines is 1. The Labute approximate surface area is 190 Å². The molecule has 0 bridgehead atoms. The highest BCUT2D eigenvalue weighted by Gasteiger charge is 2.10. The Bertz CT molecular complexity index is 1280. The van der Waals surface area contributed by atoms with Crippen molar-refractivity contribution < 1.29 is 19.1 Å². The number of carbonyl (C=O) groups is 3. The third-order valence-corrected chi connectivity index (χ3v) is 4.86. The molecule has 33 heavy (non-hydrogen) atoms. The predicted octanol–water partition coefficient (Wildman–Crippen LogP) is 3.93. The van der Waals surface area contributed by atoms with E-state index >= 15 is 0 Å². The molecule has 4 aromatic rings. The maximum Gasteiger partial charge on any atom is 0.276 e. The van der Waals surface area contributed by atoms with E-state index in [0.717, 1.165) is 10.8 Å². The van der Waals surface area contributed by atoms with Gasteiger partial charge in [0.25, 0.3) is 17.7 Å². The van der Waals surface area contributed by atoms with Crippen molar-refractivity contribution in [2.75, 3.05) is 11.9 Å². The fourth-order valence-electron chi connectivity index (χ4n) is 3.20. The molecule has 4 rings (SSSR count). The fraction of sp³-hybridized carbons (Fsp3) is 0.0385. The molecule has 0 atom stereocenters. The van der Waals surface area contributed by atoms with Crippen LogP contribution in [0, 0.1) is 0 Å². The van der Waals surface area contributed by atoms with Gasteiger partial charge >= 0.3 is 0 Å². The second-order valence-corrected chi connectivity index (χ2v) is 7.17. The molecule has 0 spiro atoms. The quantitative estimate of drug-likeness (QED) is 0.397. The highest BCUT2D eigenvalue weighted by Crippen LogP contribution is 2.24. The molecule has 0 aliphatic rings. The first-order chi connectivity index (χ1) is 16.1. The molecule has 0 radical (unpaired) electrons. The minimum Gasteiger partial charge on any atom is -0.483 e. The number of amides is 3. The van der Waals surface area contributed by atoms with E-state index in [9.17, 15) is 14.4 Å². The van der Waals surface area contributed by atoms with Gasteiger partial charge in [-0.05, 0) is 47.9 Å². The van der Waals surface area contributed by atoms with Gasteiger partial charge in [-0.15, -0.1) is 0 Å². The van der Waals surface area contributed by atoms with Crippen molar-refractivity contribution in [3.8, 4) is 5.75 Å². The first-order valence-corrected chi connectivity index (χ1v) is 10.3. The molecule has 0 aliphatic heterocycles. The molecule has 0 fully saturated rings. The van der Waals surface area contributed by atoms with Crippen LogP contribution in [0.5, 0.6) is 5.75 Å². The van der Waals surface area contributed by atoms with Gasteiger partial charge in [-0.25, -0.2) is 0 Å². The Morgan fingerprint density at radius 3 is 2.09 bits per heavy atom. The molecule has 0 saturated heterocycles. The number of fused-ring (bicyclic) bond motifs is 1. The zero-order valence-electron chi connectivity index (χ0n) is 17.6. The van der Waals surface area contributed by atoms with Crippen molar-refractivity contribution in [3.05, 3.63) is 108 Å². The van der Waals surface area contributed by atoms with E-state index in [1.807, 2.05) is 42.5 Å². The van der Waals surface area contributed by atoms with Crippen LogP contribution in [0.4, 0.5) is 5.69 Å². The van der Waals surface area contributed by atoms with Crippen molar-refractivity contribution in [1.29, 1.82) is 0 Å². The van der Waals surface area contributed by atoms with Crippen LogP contribution in [-0.2, 0) is 4.79 Å². The first-order valence-electron chi connectivity index (χ1n) is 10.3. The Balaban J connectivity index is 1.27. The molecule has 3 amide bonds. The van der Waals surface area contributed by atoms with Crippen molar-refractivity contribution in [2.24, 2.45) is 0 Å². The summed E-state index contributed by atoms with van der Waals surface area (Å²) in [4.78, 5) is 36.6. The van der Waals surface area contributed by atoms with Gasteiger partial charge in [0.2, 0.25) is 0 Å². The molecule has 0 unspecified atom stereocenters. The Morgan fingerprint density at radius 2 is 1.30 bits per heavy atom. The van der Waals surface area contributed by atoms with Crippen LogP contribution in [-0.4, -0.2) is 24.3 Å². The average molecular weight is 439 g/mol. The summed E-state index contributed by atoms with van der Waals surface area (Å²) in [7, 11) is 0. The van der Waals surface area contributed by atoms with Gasteiger partial charge in [0.05, 0.1) is 0 Å². The minimum absolute atomic E-state index is 0.244. The molecule has 0 aromatic heterocycles. The van der Waals surface area contributed by atoms with Crippen LogP contribution in [0.25, 0.3) is 10.8 Å². The van der Waals surface area contributed by atoms with E-state index in [2.05, 4.69) is 16.2 Å². The van der Waals surface area contributed by atoms with Crippen LogP contribution in [0.1, 0.15) is 20.7 Å². The van der Waals surface area contributed by atoms with E-state index in [-0.39, 0.29) is 12.5 Å². The van der Waals surface area contributed by atoms with Gasteiger partial charge in [0, 0.05) is 22.2 Å². The van der Waals surface area contributed by atoms with Gasteiger partial charge in [-0.3, -0.25) is 25.2 Å². The van der Waals surface area contributed by atoms with Crippen molar-refractivity contribution in [1.82, 2.24) is 10.9 Å². The lowest BCUT2D eigenvalue weighted by Gasteiger charge is -2.11. The summed E-state index contributed by atoms with van der Waals surface area (Å²) >= 11 is 0. The van der Waals surface area contributed by atoms with Gasteiger partial charge < -0.3 is 10.1 Å².